The van der Waals surface area contributed by atoms with Crippen LogP contribution in [0, 0.1) is 0 Å². The molecule has 0 radical (unpaired) electrons. The minimum atomic E-state index is -0.817. The molecule has 0 aromatic carbocycles. The summed E-state index contributed by atoms with van der Waals surface area (Å²) in [4.78, 5) is 15.7. The molecule has 5 heteroatoms. The van der Waals surface area contributed by atoms with Gasteiger partial charge in [0, 0.05) is 38.8 Å². The van der Waals surface area contributed by atoms with E-state index in [-0.39, 0.29) is 6.10 Å². The van der Waals surface area contributed by atoms with Crippen LogP contribution in [0.1, 0.15) is 26.7 Å². The predicted octanol–water partition coefficient (Wildman–Crippen LogP) is 0.645. The van der Waals surface area contributed by atoms with E-state index in [0.29, 0.717) is 12.5 Å². The van der Waals surface area contributed by atoms with Crippen molar-refractivity contribution in [2.24, 2.45) is 0 Å². The summed E-state index contributed by atoms with van der Waals surface area (Å²) in [6.45, 7) is 9.68. The van der Waals surface area contributed by atoms with Gasteiger partial charge in [-0.05, 0) is 26.7 Å². The third-order valence-corrected chi connectivity index (χ3v) is 3.98. The van der Waals surface area contributed by atoms with Crippen LogP contribution in [-0.4, -0.2) is 71.8 Å². The zero-order valence-corrected chi connectivity index (χ0v) is 11.3. The number of nitrogens with zero attached hydrogens (tertiary/aromatic N) is 2. The van der Waals surface area contributed by atoms with Gasteiger partial charge in [0.2, 0.25) is 0 Å². The predicted molar refractivity (Wildman–Crippen MR) is 68.7 cm³/mol. The van der Waals surface area contributed by atoms with Crippen LogP contribution in [0.25, 0.3) is 0 Å². The summed E-state index contributed by atoms with van der Waals surface area (Å²) in [6, 6.07) is 0.617. The third-order valence-electron chi connectivity index (χ3n) is 3.98. The lowest BCUT2D eigenvalue weighted by Crippen LogP contribution is -2.50. The summed E-state index contributed by atoms with van der Waals surface area (Å²) in [5.41, 5.74) is 0. The number of ether oxygens (including phenoxy) is 1. The number of piperazine rings is 1. The molecule has 5 nitrogen and oxygen atoms in total. The Balaban J connectivity index is 1.71. The largest absolute Gasteiger partial charge is 0.479 e. The second-order valence-corrected chi connectivity index (χ2v) is 5.59. The van der Waals surface area contributed by atoms with Gasteiger partial charge >= 0.3 is 5.97 Å². The van der Waals surface area contributed by atoms with E-state index in [1.807, 2.05) is 0 Å². The first-order valence-electron chi connectivity index (χ1n) is 6.91. The lowest BCUT2D eigenvalue weighted by molar-refractivity contribution is -0.149. The van der Waals surface area contributed by atoms with Gasteiger partial charge in [0.05, 0.1) is 6.10 Å². The topological polar surface area (TPSA) is 53.0 Å². The first kappa shape index (κ1) is 13.8. The van der Waals surface area contributed by atoms with Crippen molar-refractivity contribution in [1.82, 2.24) is 9.80 Å². The number of aliphatic carboxylic acids is 1. The molecule has 2 heterocycles. The van der Waals surface area contributed by atoms with Crippen LogP contribution in [0.4, 0.5) is 0 Å². The molecule has 2 aliphatic heterocycles. The Morgan fingerprint density at radius 3 is 2.44 bits per heavy atom. The standard InChI is InChI=1S/C13H24N2O3/c1-10(2)15-7-5-14(6-8-15)9-11-3-4-12(18-11)13(16)17/h10-12H,3-9H2,1-2H3,(H,16,17). The lowest BCUT2D eigenvalue weighted by Gasteiger charge is -2.37. The highest BCUT2D eigenvalue weighted by molar-refractivity contribution is 5.72. The maximum atomic E-state index is 10.8. The molecular formula is C13H24N2O3. The quantitative estimate of drug-likeness (QED) is 0.800. The van der Waals surface area contributed by atoms with Gasteiger partial charge in [0.15, 0.2) is 6.10 Å². The van der Waals surface area contributed by atoms with E-state index in [1.165, 1.54) is 0 Å². The van der Waals surface area contributed by atoms with Gasteiger partial charge in [-0.1, -0.05) is 0 Å². The number of hydrogen-bond acceptors (Lipinski definition) is 4. The Morgan fingerprint density at radius 2 is 1.94 bits per heavy atom. The molecule has 0 amide bonds. The molecule has 2 rings (SSSR count). The van der Waals surface area contributed by atoms with Crippen molar-refractivity contribution in [2.75, 3.05) is 32.7 Å². The zero-order valence-electron chi connectivity index (χ0n) is 11.3. The van der Waals surface area contributed by atoms with Crippen LogP contribution in [-0.2, 0) is 9.53 Å². The smallest absolute Gasteiger partial charge is 0.332 e. The normalized spacial score (nSPS) is 31.1. The van der Waals surface area contributed by atoms with Crippen LogP contribution in [0.3, 0.4) is 0 Å². The molecule has 2 aliphatic rings. The van der Waals surface area contributed by atoms with E-state index < -0.39 is 12.1 Å². The van der Waals surface area contributed by atoms with Crippen molar-refractivity contribution in [2.45, 2.75) is 44.9 Å². The van der Waals surface area contributed by atoms with E-state index in [0.717, 1.165) is 39.1 Å². The molecule has 2 fully saturated rings. The number of carboxylic acid groups (broad SMARTS) is 1. The number of hydrogen-bond donors (Lipinski definition) is 1. The van der Waals surface area contributed by atoms with Crippen molar-refractivity contribution < 1.29 is 14.6 Å². The van der Waals surface area contributed by atoms with Crippen molar-refractivity contribution in [3.63, 3.8) is 0 Å². The molecule has 0 aromatic rings. The molecule has 2 atom stereocenters. The van der Waals surface area contributed by atoms with Crippen LogP contribution >= 0.6 is 0 Å². The van der Waals surface area contributed by atoms with Gasteiger partial charge in [-0.25, -0.2) is 4.79 Å². The molecule has 104 valence electrons. The van der Waals surface area contributed by atoms with E-state index in [9.17, 15) is 4.79 Å². The Kier molecular flexibility index (Phi) is 4.59. The fraction of sp³-hybridized carbons (Fsp3) is 0.923. The second kappa shape index (κ2) is 5.99. The Morgan fingerprint density at radius 1 is 1.28 bits per heavy atom. The molecule has 0 aromatic heterocycles. The van der Waals surface area contributed by atoms with Crippen molar-refractivity contribution in [3.8, 4) is 0 Å². The van der Waals surface area contributed by atoms with Gasteiger partial charge in [-0.15, -0.1) is 0 Å². The van der Waals surface area contributed by atoms with E-state index in [2.05, 4.69) is 23.6 Å². The minimum Gasteiger partial charge on any atom is -0.479 e. The fourth-order valence-electron chi connectivity index (χ4n) is 2.77. The fourth-order valence-corrected chi connectivity index (χ4v) is 2.77. The second-order valence-electron chi connectivity index (χ2n) is 5.59. The van der Waals surface area contributed by atoms with Crippen molar-refractivity contribution >= 4 is 5.97 Å². The zero-order chi connectivity index (χ0) is 13.1. The van der Waals surface area contributed by atoms with E-state index in [4.69, 9.17) is 9.84 Å². The molecular weight excluding hydrogens is 232 g/mol. The SMILES string of the molecule is CC(C)N1CCN(CC2CCC(C(=O)O)O2)CC1. The number of carboxylic acids is 1. The molecule has 0 aliphatic carbocycles. The van der Waals surface area contributed by atoms with Crippen LogP contribution in [0.2, 0.25) is 0 Å². The third kappa shape index (κ3) is 3.43. The monoisotopic (exact) mass is 256 g/mol. The van der Waals surface area contributed by atoms with Gasteiger partial charge in [0.1, 0.15) is 0 Å². The molecule has 0 saturated carbocycles. The Labute approximate surface area is 109 Å². The summed E-state index contributed by atoms with van der Waals surface area (Å²) in [7, 11) is 0. The van der Waals surface area contributed by atoms with Gasteiger partial charge < -0.3 is 9.84 Å². The highest BCUT2D eigenvalue weighted by atomic mass is 16.5. The summed E-state index contributed by atoms with van der Waals surface area (Å²) < 4.78 is 5.55. The van der Waals surface area contributed by atoms with Crippen molar-refractivity contribution in [3.05, 3.63) is 0 Å². The summed E-state index contributed by atoms with van der Waals surface area (Å²) in [6.07, 6.45) is 1.07. The highest BCUT2D eigenvalue weighted by Gasteiger charge is 2.32. The van der Waals surface area contributed by atoms with E-state index in [1.54, 1.807) is 0 Å². The maximum absolute atomic E-state index is 10.8. The Bertz CT molecular complexity index is 288. The van der Waals surface area contributed by atoms with Crippen LogP contribution in [0.5, 0.6) is 0 Å². The average molecular weight is 256 g/mol. The number of carbonyl (C=O) groups is 1. The summed E-state index contributed by atoms with van der Waals surface area (Å²) in [5.74, 6) is -0.817. The highest BCUT2D eigenvalue weighted by Crippen LogP contribution is 2.21. The first-order chi connectivity index (χ1) is 8.56. The lowest BCUT2D eigenvalue weighted by atomic mass is 10.1. The number of rotatable bonds is 4. The molecule has 2 unspecified atom stereocenters. The summed E-state index contributed by atoms with van der Waals surface area (Å²) in [5, 5.41) is 8.89. The molecule has 0 spiro atoms. The van der Waals surface area contributed by atoms with Crippen LogP contribution in [0.15, 0.2) is 0 Å². The van der Waals surface area contributed by atoms with Crippen LogP contribution < -0.4 is 0 Å². The molecule has 1 N–H and O–H groups in total. The van der Waals surface area contributed by atoms with Gasteiger partial charge in [-0.3, -0.25) is 9.80 Å². The maximum Gasteiger partial charge on any atom is 0.332 e. The molecule has 0 bridgehead atoms. The molecule has 18 heavy (non-hydrogen) atoms. The first-order valence-corrected chi connectivity index (χ1v) is 6.91. The molecule has 2 saturated heterocycles. The van der Waals surface area contributed by atoms with Gasteiger partial charge in [0.25, 0.3) is 0 Å². The minimum absolute atomic E-state index is 0.108. The summed E-state index contributed by atoms with van der Waals surface area (Å²) >= 11 is 0. The average Bonchev–Trinajstić information content (AvgIpc) is 2.78. The van der Waals surface area contributed by atoms with Gasteiger partial charge in [-0.2, -0.15) is 0 Å². The van der Waals surface area contributed by atoms with Crippen molar-refractivity contribution in [1.29, 1.82) is 0 Å². The van der Waals surface area contributed by atoms with E-state index >= 15 is 0 Å². The Hall–Kier alpha value is -0.650.